The van der Waals surface area contributed by atoms with Crippen LogP contribution in [0.2, 0.25) is 5.02 Å². The van der Waals surface area contributed by atoms with Gasteiger partial charge in [0.15, 0.2) is 10.8 Å². The second-order valence-corrected chi connectivity index (χ2v) is 10.2. The van der Waals surface area contributed by atoms with Crippen molar-refractivity contribution in [2.24, 2.45) is 4.99 Å². The minimum atomic E-state index is -2.83. The highest BCUT2D eigenvalue weighted by Crippen LogP contribution is 2.48. The molecule has 0 spiro atoms. The van der Waals surface area contributed by atoms with Gasteiger partial charge >= 0.3 is 6.55 Å². The van der Waals surface area contributed by atoms with Crippen LogP contribution >= 0.6 is 22.9 Å². The summed E-state index contributed by atoms with van der Waals surface area (Å²) < 4.78 is 43.0. The van der Waals surface area contributed by atoms with Crippen molar-refractivity contribution in [3.8, 4) is 0 Å². The highest BCUT2D eigenvalue weighted by atomic mass is 35.5. The minimum Gasteiger partial charge on any atom is -0.386 e. The lowest BCUT2D eigenvalue weighted by atomic mass is 9.91. The fourth-order valence-corrected chi connectivity index (χ4v) is 5.75. The molecule has 0 bridgehead atoms. The van der Waals surface area contributed by atoms with E-state index in [9.17, 15) is 18.3 Å². The predicted molar refractivity (Wildman–Crippen MR) is 132 cm³/mol. The molecule has 1 aromatic carbocycles. The Kier molecular flexibility index (Phi) is 5.89. The van der Waals surface area contributed by atoms with Gasteiger partial charge in [0.25, 0.3) is 0 Å². The summed E-state index contributed by atoms with van der Waals surface area (Å²) in [7, 11) is 0. The third-order valence-electron chi connectivity index (χ3n) is 6.35. The van der Waals surface area contributed by atoms with Gasteiger partial charge in [-0.3, -0.25) is 9.67 Å². The summed E-state index contributed by atoms with van der Waals surface area (Å²) in [6.07, 6.45) is 6.39. The van der Waals surface area contributed by atoms with Gasteiger partial charge in [-0.1, -0.05) is 17.7 Å². The first-order valence-corrected chi connectivity index (χ1v) is 12.5. The van der Waals surface area contributed by atoms with Gasteiger partial charge in [-0.05, 0) is 24.3 Å². The van der Waals surface area contributed by atoms with Crippen molar-refractivity contribution in [2.45, 2.75) is 31.2 Å². The zero-order valence-corrected chi connectivity index (χ0v) is 20.6. The van der Waals surface area contributed by atoms with Gasteiger partial charge < -0.3 is 10.0 Å². The van der Waals surface area contributed by atoms with E-state index in [1.54, 1.807) is 29.3 Å². The number of halogens is 4. The van der Waals surface area contributed by atoms with Gasteiger partial charge in [0.05, 0.1) is 18.8 Å². The molecule has 3 aromatic heterocycles. The van der Waals surface area contributed by atoms with Crippen LogP contribution in [0.3, 0.4) is 0 Å². The summed E-state index contributed by atoms with van der Waals surface area (Å²) in [5, 5.41) is 22.6. The molecule has 4 aromatic rings. The topological polar surface area (TPSA) is 84.4 Å². The quantitative estimate of drug-likeness (QED) is 0.377. The molecule has 0 radical (unpaired) electrons. The second kappa shape index (κ2) is 9.12. The maximum Gasteiger partial charge on any atom is 0.333 e. The number of aliphatic imine (C=N–C) groups is 1. The van der Waals surface area contributed by atoms with Gasteiger partial charge in [-0.25, -0.2) is 14.1 Å². The van der Waals surface area contributed by atoms with Gasteiger partial charge in [0.1, 0.15) is 17.5 Å². The van der Waals surface area contributed by atoms with E-state index < -0.39 is 24.0 Å². The highest BCUT2D eigenvalue weighted by Gasteiger charge is 2.47. The Labute approximate surface area is 218 Å². The van der Waals surface area contributed by atoms with Crippen LogP contribution in [0.4, 0.5) is 13.2 Å². The van der Waals surface area contributed by atoms with Crippen LogP contribution in [0.15, 0.2) is 71.2 Å². The monoisotopic (exact) mass is 545 g/mol. The van der Waals surface area contributed by atoms with Gasteiger partial charge in [0.2, 0.25) is 0 Å². The molecular weight excluding hydrogens is 527 g/mol. The van der Waals surface area contributed by atoms with E-state index >= 15 is 0 Å². The maximum absolute atomic E-state index is 13.9. The number of aromatic nitrogens is 5. The highest BCUT2D eigenvalue weighted by molar-refractivity contribution is 7.11. The second-order valence-electron chi connectivity index (χ2n) is 8.87. The van der Waals surface area contributed by atoms with E-state index in [-0.39, 0.29) is 30.2 Å². The van der Waals surface area contributed by atoms with Crippen LogP contribution in [0.25, 0.3) is 5.57 Å². The maximum atomic E-state index is 13.9. The standard InChI is InChI=1S/C24H19ClF3N7OS/c25-16-10-14(26)2-3-15(16)20-19(17-4-8-35(32-17)23(27)28)18-11-24(36,12-33-7-1-5-30-33)13-34(18)21(31-20)22-29-6-9-37-22/h1-10,20,23,36H,11-13H2/t20-,24+/m0/s1. The first-order chi connectivity index (χ1) is 17.8. The molecule has 37 heavy (non-hydrogen) atoms. The van der Waals surface area contributed by atoms with E-state index in [2.05, 4.69) is 15.2 Å². The first-order valence-electron chi connectivity index (χ1n) is 11.3. The smallest absolute Gasteiger partial charge is 0.333 e. The Hall–Kier alpha value is -3.48. The molecule has 2 atom stereocenters. The van der Waals surface area contributed by atoms with Gasteiger partial charge in [0, 0.05) is 58.4 Å². The number of hydrogen-bond donors (Lipinski definition) is 1. The van der Waals surface area contributed by atoms with E-state index in [4.69, 9.17) is 16.6 Å². The van der Waals surface area contributed by atoms with Gasteiger partial charge in [-0.15, -0.1) is 11.3 Å². The number of alkyl halides is 2. The lowest BCUT2D eigenvalue weighted by Crippen LogP contribution is -2.40. The molecule has 5 heterocycles. The Morgan fingerprint density at radius 2 is 2.08 bits per heavy atom. The average Bonchev–Trinajstić information content (AvgIpc) is 3.65. The van der Waals surface area contributed by atoms with Crippen molar-refractivity contribution in [3.63, 3.8) is 0 Å². The number of aliphatic hydroxyl groups is 1. The van der Waals surface area contributed by atoms with Crippen molar-refractivity contribution >= 4 is 34.3 Å². The van der Waals surface area contributed by atoms with E-state index in [0.29, 0.717) is 32.4 Å². The molecule has 2 aliphatic heterocycles. The van der Waals surface area contributed by atoms with Crippen LogP contribution in [-0.4, -0.2) is 52.5 Å². The lowest BCUT2D eigenvalue weighted by Gasteiger charge is -2.32. The van der Waals surface area contributed by atoms with Gasteiger partial charge in [-0.2, -0.15) is 19.0 Å². The van der Waals surface area contributed by atoms with E-state index in [1.165, 1.54) is 41.8 Å². The third-order valence-corrected chi connectivity index (χ3v) is 7.44. The number of nitrogens with zero attached hydrogens (tertiary/aromatic N) is 7. The van der Waals surface area contributed by atoms with Crippen molar-refractivity contribution in [3.05, 3.63) is 93.3 Å². The number of benzene rings is 1. The SMILES string of the molecule is O[C@@]1(Cn2cccn2)CC2=C(c3ccn(C(F)F)n3)[C@H](c3ccc(F)cc3Cl)N=C(c3nccs3)N2C1. The molecule has 0 amide bonds. The molecule has 2 aliphatic rings. The molecule has 0 unspecified atom stereocenters. The summed E-state index contributed by atoms with van der Waals surface area (Å²) in [4.78, 5) is 11.2. The number of fused-ring (bicyclic) bond motifs is 1. The van der Waals surface area contributed by atoms with E-state index in [1.807, 2.05) is 10.3 Å². The van der Waals surface area contributed by atoms with Crippen molar-refractivity contribution in [2.75, 3.05) is 6.54 Å². The number of hydrogen-bond acceptors (Lipinski definition) is 7. The van der Waals surface area contributed by atoms with Crippen molar-refractivity contribution in [1.82, 2.24) is 29.4 Å². The lowest BCUT2D eigenvalue weighted by molar-refractivity contribution is 0.0345. The Morgan fingerprint density at radius 1 is 1.22 bits per heavy atom. The molecule has 1 N–H and O–H groups in total. The van der Waals surface area contributed by atoms with Crippen LogP contribution in [0.5, 0.6) is 0 Å². The Morgan fingerprint density at radius 3 is 2.76 bits per heavy atom. The molecule has 8 nitrogen and oxygen atoms in total. The third kappa shape index (κ3) is 4.34. The zero-order valence-electron chi connectivity index (χ0n) is 19.0. The number of rotatable bonds is 6. The molecule has 1 fully saturated rings. The van der Waals surface area contributed by atoms with Crippen LogP contribution < -0.4 is 0 Å². The van der Waals surface area contributed by atoms with Crippen LogP contribution in [0, 0.1) is 5.82 Å². The van der Waals surface area contributed by atoms with E-state index in [0.717, 1.165) is 0 Å². The Bertz CT molecular complexity index is 1500. The Balaban J connectivity index is 1.55. The molecule has 190 valence electrons. The van der Waals surface area contributed by atoms with Crippen molar-refractivity contribution in [1.29, 1.82) is 0 Å². The fraction of sp³-hybridized carbons (Fsp3) is 0.250. The largest absolute Gasteiger partial charge is 0.386 e. The zero-order chi connectivity index (χ0) is 25.7. The first kappa shape index (κ1) is 23.9. The summed E-state index contributed by atoms with van der Waals surface area (Å²) in [5.41, 5.74) is 0.644. The number of thiazole rings is 1. The average molecular weight is 546 g/mol. The summed E-state index contributed by atoms with van der Waals surface area (Å²) in [5.74, 6) is -0.00946. The predicted octanol–water partition coefficient (Wildman–Crippen LogP) is 4.77. The molecule has 0 aliphatic carbocycles. The molecule has 1 saturated heterocycles. The fourth-order valence-electron chi connectivity index (χ4n) is 4.84. The molecule has 6 rings (SSSR count). The van der Waals surface area contributed by atoms with Crippen LogP contribution in [-0.2, 0) is 6.54 Å². The summed E-state index contributed by atoms with van der Waals surface area (Å²) in [6, 6.07) is 6.43. The summed E-state index contributed by atoms with van der Waals surface area (Å²) >= 11 is 7.85. The van der Waals surface area contributed by atoms with Crippen molar-refractivity contribution < 1.29 is 18.3 Å². The minimum absolute atomic E-state index is 0.136. The molecule has 13 heteroatoms. The number of amidine groups is 1. The van der Waals surface area contributed by atoms with Crippen LogP contribution in [0.1, 0.15) is 35.3 Å². The summed E-state index contributed by atoms with van der Waals surface area (Å²) in [6.45, 7) is -2.46. The normalized spacial score (nSPS) is 21.6. The molecule has 0 saturated carbocycles. The molecular formula is C24H19ClF3N7OS.